The number of hydrogen-bond acceptors (Lipinski definition) is 2. The second-order valence-corrected chi connectivity index (χ2v) is 4.87. The predicted molar refractivity (Wildman–Crippen MR) is 69.8 cm³/mol. The minimum atomic E-state index is -0.217. The fourth-order valence-electron chi connectivity index (χ4n) is 2.43. The van der Waals surface area contributed by atoms with Crippen molar-refractivity contribution >= 4 is 5.91 Å². The molecule has 94 valence electrons. The highest BCUT2D eigenvalue weighted by Crippen LogP contribution is 2.24. The molecule has 0 aliphatic carbocycles. The predicted octanol–water partition coefficient (Wildman–Crippen LogP) is 2.55. The third-order valence-electron chi connectivity index (χ3n) is 3.63. The number of nitriles is 1. The monoisotopic (exact) mass is 242 g/mol. The van der Waals surface area contributed by atoms with Crippen molar-refractivity contribution in [2.75, 3.05) is 13.1 Å². The van der Waals surface area contributed by atoms with Crippen LogP contribution in [0, 0.1) is 17.2 Å². The zero-order valence-corrected chi connectivity index (χ0v) is 10.7. The fraction of sp³-hybridized carbons (Fsp3) is 0.467. The van der Waals surface area contributed by atoms with Gasteiger partial charge >= 0.3 is 0 Å². The summed E-state index contributed by atoms with van der Waals surface area (Å²) in [6.45, 7) is 3.44. The molecule has 0 aromatic heterocycles. The molecule has 3 heteroatoms. The lowest BCUT2D eigenvalue weighted by molar-refractivity contribution is -0.127. The first-order chi connectivity index (χ1) is 8.74. The van der Waals surface area contributed by atoms with E-state index in [1.165, 1.54) is 0 Å². The number of carbonyl (C=O) groups is 1. The van der Waals surface area contributed by atoms with Crippen LogP contribution >= 0.6 is 0 Å². The Morgan fingerprint density at radius 1 is 1.44 bits per heavy atom. The lowest BCUT2D eigenvalue weighted by Crippen LogP contribution is -2.29. The molecule has 18 heavy (non-hydrogen) atoms. The van der Waals surface area contributed by atoms with Crippen molar-refractivity contribution in [1.29, 1.82) is 5.26 Å². The van der Waals surface area contributed by atoms with Gasteiger partial charge in [0.05, 0.1) is 12.0 Å². The number of benzene rings is 1. The van der Waals surface area contributed by atoms with Crippen LogP contribution in [0.1, 0.15) is 31.2 Å². The number of likely N-dealkylation sites (tertiary alicyclic amines) is 1. The first kappa shape index (κ1) is 12.6. The van der Waals surface area contributed by atoms with Crippen LogP contribution in [-0.4, -0.2) is 23.9 Å². The lowest BCUT2D eigenvalue weighted by Gasteiger charge is -2.20. The molecule has 3 nitrogen and oxygen atoms in total. The standard InChI is InChI=1S/C15H18N2O/c1-2-12-8-15(18)17(10-12)11-14(9-16)13-6-4-3-5-7-13/h3-7,12,14H,2,8,10-11H2,1H3. The topological polar surface area (TPSA) is 44.1 Å². The van der Waals surface area contributed by atoms with E-state index in [0.29, 0.717) is 18.9 Å². The summed E-state index contributed by atoms with van der Waals surface area (Å²) in [5, 5.41) is 9.26. The Morgan fingerprint density at radius 2 is 2.17 bits per heavy atom. The molecular weight excluding hydrogens is 224 g/mol. The Hall–Kier alpha value is -1.82. The summed E-state index contributed by atoms with van der Waals surface area (Å²) in [5.41, 5.74) is 0.993. The molecule has 0 saturated carbocycles. The van der Waals surface area contributed by atoms with Gasteiger partial charge in [0.25, 0.3) is 0 Å². The lowest BCUT2D eigenvalue weighted by atomic mass is 10.0. The van der Waals surface area contributed by atoms with Crippen LogP contribution in [0.4, 0.5) is 0 Å². The van der Waals surface area contributed by atoms with E-state index in [4.69, 9.17) is 0 Å². The van der Waals surface area contributed by atoms with Crippen LogP contribution in [-0.2, 0) is 4.79 Å². The largest absolute Gasteiger partial charge is 0.341 e. The Kier molecular flexibility index (Phi) is 3.99. The maximum absolute atomic E-state index is 11.8. The average molecular weight is 242 g/mol. The van der Waals surface area contributed by atoms with Crippen molar-refractivity contribution in [3.8, 4) is 6.07 Å². The van der Waals surface area contributed by atoms with Crippen molar-refractivity contribution in [3.05, 3.63) is 35.9 Å². The third-order valence-corrected chi connectivity index (χ3v) is 3.63. The van der Waals surface area contributed by atoms with Gasteiger partial charge in [-0.1, -0.05) is 43.7 Å². The zero-order valence-electron chi connectivity index (χ0n) is 10.7. The van der Waals surface area contributed by atoms with Crippen LogP contribution in [0.25, 0.3) is 0 Å². The van der Waals surface area contributed by atoms with E-state index in [2.05, 4.69) is 13.0 Å². The highest BCUT2D eigenvalue weighted by molar-refractivity contribution is 5.78. The molecule has 2 atom stereocenters. The Balaban J connectivity index is 2.04. The molecule has 1 heterocycles. The van der Waals surface area contributed by atoms with Crippen molar-refractivity contribution in [2.45, 2.75) is 25.7 Å². The minimum absolute atomic E-state index is 0.193. The molecule has 1 fully saturated rings. The number of hydrogen-bond donors (Lipinski definition) is 0. The van der Waals surface area contributed by atoms with E-state index in [1.54, 1.807) is 0 Å². The van der Waals surface area contributed by atoms with E-state index in [9.17, 15) is 10.1 Å². The summed E-state index contributed by atoms with van der Waals surface area (Å²) in [5.74, 6) is 0.441. The van der Waals surface area contributed by atoms with E-state index in [-0.39, 0.29) is 11.8 Å². The molecule has 1 amide bonds. The number of carbonyl (C=O) groups excluding carboxylic acids is 1. The maximum Gasteiger partial charge on any atom is 0.222 e. The van der Waals surface area contributed by atoms with Crippen molar-refractivity contribution < 1.29 is 4.79 Å². The summed E-state index contributed by atoms with van der Waals surface area (Å²) in [6, 6.07) is 12.0. The van der Waals surface area contributed by atoms with Gasteiger partial charge in [-0.3, -0.25) is 4.79 Å². The second-order valence-electron chi connectivity index (χ2n) is 4.87. The van der Waals surface area contributed by atoms with Crippen molar-refractivity contribution in [3.63, 3.8) is 0 Å². The molecule has 0 spiro atoms. The van der Waals surface area contributed by atoms with Gasteiger partial charge < -0.3 is 4.90 Å². The molecule has 1 aliphatic rings. The molecule has 1 aromatic rings. The molecule has 0 bridgehead atoms. The fourth-order valence-corrected chi connectivity index (χ4v) is 2.43. The normalized spacial score (nSPS) is 20.8. The molecule has 1 saturated heterocycles. The summed E-state index contributed by atoms with van der Waals surface area (Å²) in [4.78, 5) is 13.7. The van der Waals surface area contributed by atoms with E-state index in [0.717, 1.165) is 18.5 Å². The van der Waals surface area contributed by atoms with Crippen LogP contribution in [0.5, 0.6) is 0 Å². The molecule has 0 radical (unpaired) electrons. The average Bonchev–Trinajstić information content (AvgIpc) is 2.77. The maximum atomic E-state index is 11.8. The second kappa shape index (κ2) is 5.68. The van der Waals surface area contributed by atoms with Gasteiger partial charge in [0, 0.05) is 19.5 Å². The number of rotatable bonds is 4. The van der Waals surface area contributed by atoms with Crippen LogP contribution in [0.15, 0.2) is 30.3 Å². The highest BCUT2D eigenvalue weighted by Gasteiger charge is 2.30. The minimum Gasteiger partial charge on any atom is -0.341 e. The number of nitrogens with zero attached hydrogens (tertiary/aromatic N) is 2. The summed E-state index contributed by atoms with van der Waals surface area (Å²) in [7, 11) is 0. The molecule has 1 aliphatic heterocycles. The Morgan fingerprint density at radius 3 is 2.72 bits per heavy atom. The smallest absolute Gasteiger partial charge is 0.222 e. The van der Waals surface area contributed by atoms with Gasteiger partial charge in [-0.25, -0.2) is 0 Å². The quantitative estimate of drug-likeness (QED) is 0.814. The van der Waals surface area contributed by atoms with E-state index < -0.39 is 0 Å². The molecule has 0 N–H and O–H groups in total. The van der Waals surface area contributed by atoms with Gasteiger partial charge in [0.2, 0.25) is 5.91 Å². The zero-order chi connectivity index (χ0) is 13.0. The van der Waals surface area contributed by atoms with Crippen molar-refractivity contribution in [1.82, 2.24) is 4.90 Å². The van der Waals surface area contributed by atoms with E-state index in [1.807, 2.05) is 35.2 Å². The van der Waals surface area contributed by atoms with Gasteiger partial charge in [-0.2, -0.15) is 5.26 Å². The summed E-state index contributed by atoms with van der Waals surface area (Å²) < 4.78 is 0. The molecular formula is C15H18N2O. The van der Waals surface area contributed by atoms with Crippen LogP contribution in [0.3, 0.4) is 0 Å². The van der Waals surface area contributed by atoms with Gasteiger partial charge in [0.1, 0.15) is 0 Å². The van der Waals surface area contributed by atoms with Crippen molar-refractivity contribution in [2.24, 2.45) is 5.92 Å². The molecule has 1 aromatic carbocycles. The van der Waals surface area contributed by atoms with E-state index >= 15 is 0 Å². The summed E-state index contributed by atoms with van der Waals surface area (Å²) in [6.07, 6.45) is 1.67. The summed E-state index contributed by atoms with van der Waals surface area (Å²) >= 11 is 0. The van der Waals surface area contributed by atoms with Gasteiger partial charge in [0.15, 0.2) is 0 Å². The Labute approximate surface area is 108 Å². The van der Waals surface area contributed by atoms with Crippen LogP contribution < -0.4 is 0 Å². The number of amides is 1. The molecule has 2 rings (SSSR count). The first-order valence-electron chi connectivity index (χ1n) is 6.47. The van der Waals surface area contributed by atoms with Crippen LogP contribution in [0.2, 0.25) is 0 Å². The van der Waals surface area contributed by atoms with Gasteiger partial charge in [-0.05, 0) is 11.5 Å². The third kappa shape index (κ3) is 2.70. The highest BCUT2D eigenvalue weighted by atomic mass is 16.2. The Bertz CT molecular complexity index is 449. The SMILES string of the molecule is CCC1CC(=O)N(CC(C#N)c2ccccc2)C1. The first-order valence-corrected chi connectivity index (χ1v) is 6.47. The molecule has 2 unspecified atom stereocenters. The van der Waals surface area contributed by atoms with Gasteiger partial charge in [-0.15, -0.1) is 0 Å².